The minimum absolute atomic E-state index is 0.207. The van der Waals surface area contributed by atoms with Crippen molar-refractivity contribution in [2.24, 2.45) is 0 Å². The van der Waals surface area contributed by atoms with Crippen LogP contribution in [0.25, 0.3) is 0 Å². The first kappa shape index (κ1) is 15.8. The highest BCUT2D eigenvalue weighted by atomic mass is 16.5. The molecule has 0 bridgehead atoms. The number of hydrogen-bond acceptors (Lipinski definition) is 5. The van der Waals surface area contributed by atoms with Gasteiger partial charge >= 0.3 is 5.97 Å². The Morgan fingerprint density at radius 1 is 1.47 bits per heavy atom. The third-order valence-corrected chi connectivity index (χ3v) is 2.21. The van der Waals surface area contributed by atoms with Crippen LogP contribution in [0.2, 0.25) is 0 Å². The van der Waals surface area contributed by atoms with Crippen LogP contribution in [0.1, 0.15) is 13.8 Å². The Bertz CT molecular complexity index is 267. The molecule has 0 aliphatic heterocycles. The molecule has 0 aliphatic carbocycles. The van der Waals surface area contributed by atoms with Crippen molar-refractivity contribution in [2.75, 3.05) is 26.8 Å². The summed E-state index contributed by atoms with van der Waals surface area (Å²) in [7, 11) is 1.53. The number of ether oxygens (including phenoxy) is 1. The number of aliphatic hydroxyl groups is 1. The van der Waals surface area contributed by atoms with Gasteiger partial charge in [-0.2, -0.15) is 0 Å². The summed E-state index contributed by atoms with van der Waals surface area (Å²) in [5, 5.41) is 23.3. The monoisotopic (exact) mass is 248 g/mol. The van der Waals surface area contributed by atoms with Crippen molar-refractivity contribution in [2.45, 2.75) is 25.5 Å². The predicted octanol–water partition coefficient (Wildman–Crippen LogP) is -1.44. The van der Waals surface area contributed by atoms with Gasteiger partial charge in [-0.15, -0.1) is 0 Å². The van der Waals surface area contributed by atoms with E-state index < -0.39 is 17.6 Å². The number of nitrogens with one attached hydrogen (secondary N) is 2. The fraction of sp³-hybridized carbons (Fsp3) is 0.800. The van der Waals surface area contributed by atoms with E-state index in [2.05, 4.69) is 10.6 Å². The van der Waals surface area contributed by atoms with Crippen molar-refractivity contribution in [1.29, 1.82) is 0 Å². The van der Waals surface area contributed by atoms with Gasteiger partial charge < -0.3 is 25.6 Å². The van der Waals surface area contributed by atoms with E-state index in [-0.39, 0.29) is 12.5 Å². The second kappa shape index (κ2) is 7.21. The third-order valence-electron chi connectivity index (χ3n) is 2.21. The minimum Gasteiger partial charge on any atom is -0.479 e. The largest absolute Gasteiger partial charge is 0.479 e. The van der Waals surface area contributed by atoms with Gasteiger partial charge in [0.05, 0.1) is 12.6 Å². The van der Waals surface area contributed by atoms with Crippen LogP contribution < -0.4 is 10.6 Å². The fourth-order valence-corrected chi connectivity index (χ4v) is 0.950. The summed E-state index contributed by atoms with van der Waals surface area (Å²) in [6.45, 7) is 3.33. The number of hydrogen-bond donors (Lipinski definition) is 4. The molecule has 0 aromatic heterocycles. The summed E-state index contributed by atoms with van der Waals surface area (Å²) >= 11 is 0. The summed E-state index contributed by atoms with van der Waals surface area (Å²) in [4.78, 5) is 22.1. The van der Waals surface area contributed by atoms with Gasteiger partial charge in [-0.05, 0) is 13.8 Å². The number of carbonyl (C=O) groups excluding carboxylic acids is 1. The van der Waals surface area contributed by atoms with Crippen molar-refractivity contribution in [1.82, 2.24) is 10.6 Å². The molecular weight excluding hydrogens is 228 g/mol. The number of carboxylic acid groups (broad SMARTS) is 1. The maximum Gasteiger partial charge on any atom is 0.336 e. The Balaban J connectivity index is 3.97. The van der Waals surface area contributed by atoms with Crippen LogP contribution in [-0.4, -0.2) is 60.5 Å². The molecule has 0 heterocycles. The molecule has 7 heteroatoms. The molecule has 4 N–H and O–H groups in total. The first-order chi connectivity index (χ1) is 7.81. The quantitative estimate of drug-likeness (QED) is 0.392. The van der Waals surface area contributed by atoms with Gasteiger partial charge in [0, 0.05) is 20.2 Å². The number of amides is 1. The zero-order valence-corrected chi connectivity index (χ0v) is 10.3. The van der Waals surface area contributed by atoms with Crippen LogP contribution in [0.15, 0.2) is 0 Å². The molecule has 0 aromatic carbocycles. The summed E-state index contributed by atoms with van der Waals surface area (Å²) < 4.78 is 4.76. The average molecular weight is 248 g/mol. The molecule has 0 saturated carbocycles. The maximum absolute atomic E-state index is 11.4. The summed E-state index contributed by atoms with van der Waals surface area (Å²) in [6.07, 6.45) is 0. The second-order valence-corrected chi connectivity index (χ2v) is 3.97. The zero-order valence-electron chi connectivity index (χ0n) is 10.3. The summed E-state index contributed by atoms with van der Waals surface area (Å²) in [5.74, 6) is -1.61. The van der Waals surface area contributed by atoms with Gasteiger partial charge in [0.25, 0.3) is 0 Å². The van der Waals surface area contributed by atoms with E-state index in [9.17, 15) is 14.7 Å². The van der Waals surface area contributed by atoms with Crippen LogP contribution in [0.3, 0.4) is 0 Å². The zero-order chi connectivity index (χ0) is 13.5. The lowest BCUT2D eigenvalue weighted by Gasteiger charge is -2.21. The van der Waals surface area contributed by atoms with E-state index in [1.54, 1.807) is 6.92 Å². The van der Waals surface area contributed by atoms with E-state index in [0.29, 0.717) is 13.2 Å². The Labute approximate surface area is 100 Å². The molecule has 0 aromatic rings. The highest BCUT2D eigenvalue weighted by Gasteiger charge is 2.30. The molecule has 0 fully saturated rings. The van der Waals surface area contributed by atoms with Crippen LogP contribution in [0, 0.1) is 0 Å². The molecule has 2 unspecified atom stereocenters. The topological polar surface area (TPSA) is 108 Å². The highest BCUT2D eigenvalue weighted by molar-refractivity contribution is 5.81. The molecule has 0 saturated heterocycles. The van der Waals surface area contributed by atoms with Gasteiger partial charge in [0.15, 0.2) is 5.60 Å². The Hall–Kier alpha value is -1.18. The SMILES string of the molecule is COCCNC(=O)C(C)NCC(C)(O)C(=O)O. The Kier molecular flexibility index (Phi) is 6.71. The van der Waals surface area contributed by atoms with Crippen molar-refractivity contribution in [3.63, 3.8) is 0 Å². The number of aliphatic carboxylic acids is 1. The lowest BCUT2D eigenvalue weighted by Crippen LogP contribution is -2.51. The normalized spacial score (nSPS) is 16.0. The first-order valence-corrected chi connectivity index (χ1v) is 5.27. The van der Waals surface area contributed by atoms with Gasteiger partial charge in [-0.25, -0.2) is 4.79 Å². The molecule has 0 aliphatic rings. The van der Waals surface area contributed by atoms with Crippen molar-refractivity contribution in [3.8, 4) is 0 Å². The summed E-state index contributed by atoms with van der Waals surface area (Å²) in [5.41, 5.74) is -1.89. The molecule has 2 atom stereocenters. The average Bonchev–Trinajstić information content (AvgIpc) is 2.26. The second-order valence-electron chi connectivity index (χ2n) is 3.97. The molecular formula is C10H20N2O5. The van der Waals surface area contributed by atoms with E-state index in [1.807, 2.05) is 0 Å². The van der Waals surface area contributed by atoms with E-state index >= 15 is 0 Å². The maximum atomic E-state index is 11.4. The first-order valence-electron chi connectivity index (χ1n) is 5.27. The lowest BCUT2D eigenvalue weighted by atomic mass is 10.1. The third kappa shape index (κ3) is 6.20. The van der Waals surface area contributed by atoms with Crippen molar-refractivity contribution in [3.05, 3.63) is 0 Å². The molecule has 1 amide bonds. The number of methoxy groups -OCH3 is 1. The highest BCUT2D eigenvalue weighted by Crippen LogP contribution is 2.01. The predicted molar refractivity (Wildman–Crippen MR) is 60.6 cm³/mol. The standard InChI is InChI=1S/C10H20N2O5/c1-7(8(13)11-4-5-17-3)12-6-10(2,16)9(14)15/h7,12,16H,4-6H2,1-3H3,(H,11,13)(H,14,15). The smallest absolute Gasteiger partial charge is 0.336 e. The Morgan fingerprint density at radius 3 is 2.53 bits per heavy atom. The molecule has 0 rings (SSSR count). The molecule has 7 nitrogen and oxygen atoms in total. The molecule has 0 spiro atoms. The van der Waals surface area contributed by atoms with Gasteiger partial charge in [0.2, 0.25) is 5.91 Å². The molecule has 0 radical (unpaired) electrons. The van der Waals surface area contributed by atoms with Gasteiger partial charge in [-0.3, -0.25) is 4.79 Å². The number of carboxylic acids is 1. The molecule has 17 heavy (non-hydrogen) atoms. The van der Waals surface area contributed by atoms with Crippen LogP contribution in [0.4, 0.5) is 0 Å². The lowest BCUT2D eigenvalue weighted by molar-refractivity contribution is -0.156. The molecule has 100 valence electrons. The van der Waals surface area contributed by atoms with Crippen LogP contribution in [0.5, 0.6) is 0 Å². The van der Waals surface area contributed by atoms with Crippen LogP contribution >= 0.6 is 0 Å². The van der Waals surface area contributed by atoms with E-state index in [1.165, 1.54) is 7.11 Å². The Morgan fingerprint density at radius 2 is 2.06 bits per heavy atom. The van der Waals surface area contributed by atoms with Crippen LogP contribution in [-0.2, 0) is 14.3 Å². The minimum atomic E-state index is -1.89. The van der Waals surface area contributed by atoms with E-state index in [4.69, 9.17) is 9.84 Å². The van der Waals surface area contributed by atoms with Crippen molar-refractivity contribution < 1.29 is 24.5 Å². The number of carbonyl (C=O) groups is 2. The van der Waals surface area contributed by atoms with E-state index in [0.717, 1.165) is 6.92 Å². The van der Waals surface area contributed by atoms with Crippen molar-refractivity contribution >= 4 is 11.9 Å². The summed E-state index contributed by atoms with van der Waals surface area (Å²) in [6, 6.07) is -0.585. The van der Waals surface area contributed by atoms with Gasteiger partial charge in [0.1, 0.15) is 0 Å². The fourth-order valence-electron chi connectivity index (χ4n) is 0.950. The van der Waals surface area contributed by atoms with Gasteiger partial charge in [-0.1, -0.05) is 0 Å². The number of rotatable bonds is 8.